The summed E-state index contributed by atoms with van der Waals surface area (Å²) in [5, 5.41) is 8.83. The van der Waals surface area contributed by atoms with Gasteiger partial charge in [-0.15, -0.1) is 0 Å². The van der Waals surface area contributed by atoms with Gasteiger partial charge in [-0.1, -0.05) is 13.8 Å². The molecular weight excluding hydrogens is 314 g/mol. The van der Waals surface area contributed by atoms with E-state index in [1.54, 1.807) is 6.20 Å². The van der Waals surface area contributed by atoms with Crippen molar-refractivity contribution in [3.63, 3.8) is 0 Å². The lowest BCUT2D eigenvalue weighted by molar-refractivity contribution is 0.0607. The van der Waals surface area contributed by atoms with E-state index in [-0.39, 0.29) is 5.91 Å². The first-order valence-corrected chi connectivity index (χ1v) is 9.38. The van der Waals surface area contributed by atoms with Gasteiger partial charge in [-0.3, -0.25) is 4.79 Å². The maximum absolute atomic E-state index is 12.9. The molecule has 2 saturated heterocycles. The Hall–Kier alpha value is -1.95. The number of fused-ring (bicyclic) bond motifs is 1. The van der Waals surface area contributed by atoms with Crippen molar-refractivity contribution in [3.05, 3.63) is 24.0 Å². The van der Waals surface area contributed by atoms with Crippen molar-refractivity contribution in [1.82, 2.24) is 25.0 Å². The molecule has 0 aliphatic carbocycles. The normalized spacial score (nSPS) is 20.0. The minimum absolute atomic E-state index is 0.104. The van der Waals surface area contributed by atoms with Gasteiger partial charge in [0.15, 0.2) is 5.65 Å². The highest BCUT2D eigenvalue weighted by molar-refractivity contribution is 5.96. The van der Waals surface area contributed by atoms with Crippen LogP contribution in [0.4, 0.5) is 0 Å². The Morgan fingerprint density at radius 3 is 2.76 bits per heavy atom. The molecular formula is C19H27N5O. The van der Waals surface area contributed by atoms with Crippen molar-refractivity contribution in [3.8, 4) is 0 Å². The van der Waals surface area contributed by atoms with Crippen LogP contribution in [-0.2, 0) is 6.54 Å². The van der Waals surface area contributed by atoms with Crippen molar-refractivity contribution in [2.24, 2.45) is 11.3 Å². The zero-order chi connectivity index (χ0) is 17.4. The minimum atomic E-state index is 0.104. The van der Waals surface area contributed by atoms with Gasteiger partial charge in [-0.25, -0.2) is 9.67 Å². The number of likely N-dealkylation sites (tertiary alicyclic amines) is 1. The Labute approximate surface area is 148 Å². The molecule has 0 unspecified atom stereocenters. The minimum Gasteiger partial charge on any atom is -0.339 e. The van der Waals surface area contributed by atoms with Crippen LogP contribution in [0, 0.1) is 11.3 Å². The van der Waals surface area contributed by atoms with Crippen LogP contribution in [0.25, 0.3) is 11.0 Å². The Morgan fingerprint density at radius 1 is 1.28 bits per heavy atom. The molecule has 2 aromatic rings. The largest absolute Gasteiger partial charge is 0.339 e. The predicted octanol–water partition coefficient (Wildman–Crippen LogP) is 2.30. The number of amides is 1. The molecule has 2 aromatic heterocycles. The van der Waals surface area contributed by atoms with Gasteiger partial charge in [0.1, 0.15) is 0 Å². The summed E-state index contributed by atoms with van der Waals surface area (Å²) in [6.07, 6.45) is 6.99. The zero-order valence-corrected chi connectivity index (χ0v) is 15.2. The SMILES string of the molecule is CC(C)Cn1ncc2cc(C(=O)N3CCC4(CCNC4)CC3)cnc21. The van der Waals surface area contributed by atoms with Crippen LogP contribution in [0.15, 0.2) is 18.5 Å². The Bertz CT molecular complexity index is 765. The van der Waals surface area contributed by atoms with Gasteiger partial charge in [-0.2, -0.15) is 5.10 Å². The molecule has 0 radical (unpaired) electrons. The lowest BCUT2D eigenvalue weighted by Crippen LogP contribution is -2.44. The van der Waals surface area contributed by atoms with Crippen molar-refractivity contribution in [2.45, 2.75) is 39.7 Å². The van der Waals surface area contributed by atoms with Crippen molar-refractivity contribution in [2.75, 3.05) is 26.2 Å². The maximum atomic E-state index is 12.9. The third-order valence-electron chi connectivity index (χ3n) is 5.70. The predicted molar refractivity (Wildman–Crippen MR) is 97.4 cm³/mol. The van der Waals surface area contributed by atoms with Crippen LogP contribution < -0.4 is 5.32 Å². The zero-order valence-electron chi connectivity index (χ0n) is 15.2. The second-order valence-corrected chi connectivity index (χ2v) is 8.08. The first kappa shape index (κ1) is 16.5. The number of nitrogens with zero attached hydrogens (tertiary/aromatic N) is 4. The number of nitrogens with one attached hydrogen (secondary N) is 1. The van der Waals surface area contributed by atoms with Crippen LogP contribution in [0.1, 0.15) is 43.5 Å². The third kappa shape index (κ3) is 3.15. The average molecular weight is 341 g/mol. The van der Waals surface area contributed by atoms with Crippen LogP contribution >= 0.6 is 0 Å². The number of carbonyl (C=O) groups is 1. The maximum Gasteiger partial charge on any atom is 0.255 e. The molecule has 134 valence electrons. The van der Waals surface area contributed by atoms with E-state index in [1.165, 1.54) is 6.42 Å². The standard InChI is InChI=1S/C19H27N5O/c1-14(2)12-24-17-15(11-22-24)9-16(10-21-17)18(25)23-7-4-19(5-8-23)3-6-20-13-19/h9-11,14,20H,3-8,12-13H2,1-2H3. The quantitative estimate of drug-likeness (QED) is 0.930. The van der Waals surface area contributed by atoms with Gasteiger partial charge in [-0.05, 0) is 43.2 Å². The fourth-order valence-electron chi connectivity index (χ4n) is 4.16. The van der Waals surface area contributed by atoms with E-state index in [1.807, 2.05) is 21.8 Å². The van der Waals surface area contributed by atoms with Crippen molar-refractivity contribution in [1.29, 1.82) is 0 Å². The fraction of sp³-hybridized carbons (Fsp3) is 0.632. The Kier molecular flexibility index (Phi) is 4.23. The molecule has 25 heavy (non-hydrogen) atoms. The summed E-state index contributed by atoms with van der Waals surface area (Å²) < 4.78 is 1.92. The van der Waals surface area contributed by atoms with Gasteiger partial charge in [0.05, 0.1) is 11.8 Å². The van der Waals surface area contributed by atoms with Gasteiger partial charge >= 0.3 is 0 Å². The summed E-state index contributed by atoms with van der Waals surface area (Å²) in [7, 11) is 0. The number of aromatic nitrogens is 3. The van der Waals surface area contributed by atoms with E-state index in [4.69, 9.17) is 0 Å². The van der Waals surface area contributed by atoms with E-state index in [2.05, 4.69) is 29.2 Å². The summed E-state index contributed by atoms with van der Waals surface area (Å²) in [6.45, 7) is 9.09. The highest BCUT2D eigenvalue weighted by Crippen LogP contribution is 2.37. The van der Waals surface area contributed by atoms with Crippen LogP contribution in [-0.4, -0.2) is 51.8 Å². The highest BCUT2D eigenvalue weighted by atomic mass is 16.2. The van der Waals surface area contributed by atoms with Crippen LogP contribution in [0.5, 0.6) is 0 Å². The lowest BCUT2D eigenvalue weighted by Gasteiger charge is -2.38. The van der Waals surface area contributed by atoms with Crippen LogP contribution in [0.2, 0.25) is 0 Å². The van der Waals surface area contributed by atoms with E-state index in [0.717, 1.165) is 56.6 Å². The first-order chi connectivity index (χ1) is 12.1. The summed E-state index contributed by atoms with van der Waals surface area (Å²) in [5.74, 6) is 0.615. The molecule has 6 nitrogen and oxygen atoms in total. The van der Waals surface area contributed by atoms with Gasteiger partial charge in [0, 0.05) is 37.8 Å². The summed E-state index contributed by atoms with van der Waals surface area (Å²) in [6, 6.07) is 1.94. The molecule has 6 heteroatoms. The Morgan fingerprint density at radius 2 is 2.08 bits per heavy atom. The highest BCUT2D eigenvalue weighted by Gasteiger charge is 2.38. The third-order valence-corrected chi connectivity index (χ3v) is 5.70. The molecule has 4 rings (SSSR count). The fourth-order valence-corrected chi connectivity index (χ4v) is 4.16. The number of rotatable bonds is 3. The number of hydrogen-bond donors (Lipinski definition) is 1. The van der Waals surface area contributed by atoms with Gasteiger partial charge in [0.25, 0.3) is 5.91 Å². The van der Waals surface area contributed by atoms with Gasteiger partial charge < -0.3 is 10.2 Å². The summed E-state index contributed by atoms with van der Waals surface area (Å²) in [4.78, 5) is 19.4. The lowest BCUT2D eigenvalue weighted by atomic mass is 9.78. The summed E-state index contributed by atoms with van der Waals surface area (Å²) in [5.41, 5.74) is 1.97. The summed E-state index contributed by atoms with van der Waals surface area (Å²) >= 11 is 0. The monoisotopic (exact) mass is 341 g/mol. The molecule has 2 aliphatic heterocycles. The number of piperidine rings is 1. The molecule has 1 spiro atoms. The van der Waals surface area contributed by atoms with Crippen molar-refractivity contribution < 1.29 is 4.79 Å². The molecule has 1 amide bonds. The average Bonchev–Trinajstić information content (AvgIpc) is 3.22. The van der Waals surface area contributed by atoms with E-state index >= 15 is 0 Å². The molecule has 0 saturated carbocycles. The van der Waals surface area contributed by atoms with E-state index in [9.17, 15) is 4.79 Å². The van der Waals surface area contributed by atoms with E-state index in [0.29, 0.717) is 16.9 Å². The molecule has 2 aliphatic rings. The molecule has 0 aromatic carbocycles. The second kappa shape index (κ2) is 6.41. The second-order valence-electron chi connectivity index (χ2n) is 8.08. The molecule has 0 bridgehead atoms. The smallest absolute Gasteiger partial charge is 0.255 e. The Balaban J connectivity index is 1.49. The molecule has 0 atom stereocenters. The topological polar surface area (TPSA) is 63.1 Å². The number of carbonyl (C=O) groups excluding carboxylic acids is 1. The molecule has 2 fully saturated rings. The van der Waals surface area contributed by atoms with E-state index < -0.39 is 0 Å². The molecule has 4 heterocycles. The molecule has 1 N–H and O–H groups in total. The van der Waals surface area contributed by atoms with Crippen LogP contribution in [0.3, 0.4) is 0 Å². The number of hydrogen-bond acceptors (Lipinski definition) is 4. The van der Waals surface area contributed by atoms with Gasteiger partial charge in [0.2, 0.25) is 0 Å². The first-order valence-electron chi connectivity index (χ1n) is 9.38. The van der Waals surface area contributed by atoms with Crippen molar-refractivity contribution >= 4 is 16.9 Å². The number of pyridine rings is 1.